The summed E-state index contributed by atoms with van der Waals surface area (Å²) in [5, 5.41) is 3.08. The number of hydrogen-bond acceptors (Lipinski definition) is 4. The number of amides is 1. The van der Waals surface area contributed by atoms with E-state index in [2.05, 4.69) is 12.2 Å². The van der Waals surface area contributed by atoms with Crippen LogP contribution in [0.3, 0.4) is 0 Å². The van der Waals surface area contributed by atoms with E-state index in [1.165, 1.54) is 6.42 Å². The summed E-state index contributed by atoms with van der Waals surface area (Å²) >= 11 is 0. The summed E-state index contributed by atoms with van der Waals surface area (Å²) in [6, 6.07) is 0.173. The maximum Gasteiger partial charge on any atom is 0.407 e. The van der Waals surface area contributed by atoms with E-state index in [0.717, 1.165) is 57.8 Å². The normalized spacial score (nSPS) is 29.3. The van der Waals surface area contributed by atoms with Crippen LogP contribution in [0.4, 0.5) is 4.79 Å². The van der Waals surface area contributed by atoms with Crippen LogP contribution in [-0.2, 0) is 14.3 Å². The molecule has 1 amide bonds. The number of hydrogen-bond donors (Lipinski definition) is 1. The number of ether oxygens (including phenoxy) is 2. The fourth-order valence-electron chi connectivity index (χ4n) is 4.19. The van der Waals surface area contributed by atoms with Gasteiger partial charge in [0, 0.05) is 6.04 Å². The van der Waals surface area contributed by atoms with E-state index in [-0.39, 0.29) is 30.1 Å². The largest absolute Gasteiger partial charge is 0.462 e. The highest BCUT2D eigenvalue weighted by Crippen LogP contribution is 2.33. The molecule has 0 aromatic carbocycles. The van der Waals surface area contributed by atoms with Crippen molar-refractivity contribution in [2.45, 2.75) is 110 Å². The first-order valence-corrected chi connectivity index (χ1v) is 10.5. The van der Waals surface area contributed by atoms with Gasteiger partial charge in [-0.15, -0.1) is 0 Å². The zero-order valence-corrected chi connectivity index (χ0v) is 17.0. The van der Waals surface area contributed by atoms with E-state index >= 15 is 0 Å². The Morgan fingerprint density at radius 3 is 2.62 bits per heavy atom. The fraction of sp³-hybridized carbons (Fsp3) is 0.905. The van der Waals surface area contributed by atoms with Crippen molar-refractivity contribution in [3.63, 3.8) is 0 Å². The molecule has 1 N–H and O–H groups in total. The van der Waals surface area contributed by atoms with Gasteiger partial charge in [0.1, 0.15) is 11.7 Å². The fourth-order valence-corrected chi connectivity index (χ4v) is 4.19. The Labute approximate surface area is 158 Å². The first kappa shape index (κ1) is 21.0. The van der Waals surface area contributed by atoms with E-state index < -0.39 is 5.60 Å². The Balaban J connectivity index is 1.79. The van der Waals surface area contributed by atoms with Crippen LogP contribution >= 0.6 is 0 Å². The molecule has 0 bridgehead atoms. The molecular weight excluding hydrogens is 330 g/mol. The van der Waals surface area contributed by atoms with Gasteiger partial charge in [0.25, 0.3) is 0 Å². The van der Waals surface area contributed by atoms with E-state index in [4.69, 9.17) is 9.47 Å². The minimum Gasteiger partial charge on any atom is -0.462 e. The SMILES string of the molecule is CCCC[C@@H]1C[C@H](CCC2CCCC[C@@H]2NC(=O)OC(C)(C)C)OC1=O. The molecule has 1 unspecified atom stereocenters. The summed E-state index contributed by atoms with van der Waals surface area (Å²) in [4.78, 5) is 24.1. The van der Waals surface area contributed by atoms with Gasteiger partial charge < -0.3 is 14.8 Å². The molecule has 0 spiro atoms. The van der Waals surface area contributed by atoms with E-state index in [1.807, 2.05) is 20.8 Å². The van der Waals surface area contributed by atoms with Crippen LogP contribution in [0.5, 0.6) is 0 Å². The monoisotopic (exact) mass is 367 g/mol. The minimum atomic E-state index is -0.472. The number of carbonyl (C=O) groups excluding carboxylic acids is 2. The third kappa shape index (κ3) is 6.81. The highest BCUT2D eigenvalue weighted by Gasteiger charge is 2.35. The van der Waals surface area contributed by atoms with Gasteiger partial charge in [-0.1, -0.05) is 32.6 Å². The Morgan fingerprint density at radius 2 is 1.92 bits per heavy atom. The number of cyclic esters (lactones) is 1. The second-order valence-electron chi connectivity index (χ2n) is 9.01. The molecular formula is C21H37NO4. The average molecular weight is 368 g/mol. The first-order chi connectivity index (χ1) is 12.3. The van der Waals surface area contributed by atoms with Crippen molar-refractivity contribution < 1.29 is 19.1 Å². The maximum absolute atomic E-state index is 12.1. The first-order valence-electron chi connectivity index (χ1n) is 10.5. The van der Waals surface area contributed by atoms with Gasteiger partial charge >= 0.3 is 12.1 Å². The summed E-state index contributed by atoms with van der Waals surface area (Å²) in [6.45, 7) is 7.80. The second-order valence-corrected chi connectivity index (χ2v) is 9.01. The summed E-state index contributed by atoms with van der Waals surface area (Å²) in [6.07, 6.45) is 10.2. The number of esters is 1. The van der Waals surface area contributed by atoms with Crippen molar-refractivity contribution in [1.29, 1.82) is 0 Å². The number of carbonyl (C=O) groups is 2. The molecule has 1 saturated heterocycles. The van der Waals surface area contributed by atoms with Crippen LogP contribution in [-0.4, -0.2) is 29.8 Å². The Kier molecular flexibility index (Phi) is 7.78. The molecule has 1 saturated carbocycles. The topological polar surface area (TPSA) is 64.6 Å². The summed E-state index contributed by atoms with van der Waals surface area (Å²) in [5.74, 6) is 0.544. The molecule has 150 valence electrons. The van der Waals surface area contributed by atoms with Crippen LogP contribution in [0, 0.1) is 11.8 Å². The van der Waals surface area contributed by atoms with Crippen LogP contribution in [0.15, 0.2) is 0 Å². The molecule has 2 aliphatic rings. The third-order valence-corrected chi connectivity index (χ3v) is 5.54. The average Bonchev–Trinajstić information content (AvgIpc) is 2.90. The molecule has 1 aliphatic carbocycles. The summed E-state index contributed by atoms with van der Waals surface area (Å²) < 4.78 is 11.0. The lowest BCUT2D eigenvalue weighted by Crippen LogP contribution is -2.44. The summed E-state index contributed by atoms with van der Waals surface area (Å²) in [5.41, 5.74) is -0.472. The van der Waals surface area contributed by atoms with E-state index in [0.29, 0.717) is 5.92 Å². The molecule has 0 radical (unpaired) electrons. The number of unbranched alkanes of at least 4 members (excludes halogenated alkanes) is 1. The van der Waals surface area contributed by atoms with Crippen LogP contribution in [0.2, 0.25) is 0 Å². The van der Waals surface area contributed by atoms with Crippen LogP contribution in [0.25, 0.3) is 0 Å². The second kappa shape index (κ2) is 9.61. The van der Waals surface area contributed by atoms with Crippen LogP contribution < -0.4 is 5.32 Å². The molecule has 1 heterocycles. The van der Waals surface area contributed by atoms with E-state index in [9.17, 15) is 9.59 Å². The third-order valence-electron chi connectivity index (χ3n) is 5.54. The van der Waals surface area contributed by atoms with Gasteiger partial charge in [-0.2, -0.15) is 0 Å². The molecule has 4 atom stereocenters. The molecule has 5 heteroatoms. The Hall–Kier alpha value is -1.26. The minimum absolute atomic E-state index is 0.00414. The molecule has 1 aliphatic heterocycles. The molecule has 2 fully saturated rings. The van der Waals surface area contributed by atoms with Crippen molar-refractivity contribution in [3.8, 4) is 0 Å². The number of alkyl carbamates (subject to hydrolysis) is 1. The molecule has 5 nitrogen and oxygen atoms in total. The predicted molar refractivity (Wildman–Crippen MR) is 102 cm³/mol. The van der Waals surface area contributed by atoms with Crippen molar-refractivity contribution in [2.75, 3.05) is 0 Å². The lowest BCUT2D eigenvalue weighted by Gasteiger charge is -2.33. The van der Waals surface area contributed by atoms with Gasteiger partial charge in [-0.25, -0.2) is 4.79 Å². The number of nitrogens with one attached hydrogen (secondary N) is 1. The van der Waals surface area contributed by atoms with Crippen molar-refractivity contribution in [3.05, 3.63) is 0 Å². The standard InChI is InChI=1S/C21H37NO4/c1-5-6-9-16-14-17(25-19(16)23)13-12-15-10-7-8-11-18(15)22-20(24)26-21(2,3)4/h15-18H,5-14H2,1-4H3,(H,22,24)/t15?,16-,17+,18+/m1/s1. The van der Waals surface area contributed by atoms with Crippen molar-refractivity contribution in [2.24, 2.45) is 11.8 Å². The quantitative estimate of drug-likeness (QED) is 0.645. The maximum atomic E-state index is 12.1. The molecule has 2 rings (SSSR count). The van der Waals surface area contributed by atoms with Crippen molar-refractivity contribution >= 4 is 12.1 Å². The predicted octanol–water partition coefficient (Wildman–Crippen LogP) is 4.97. The number of rotatable bonds is 7. The lowest BCUT2D eigenvalue weighted by molar-refractivity contribution is -0.144. The van der Waals surface area contributed by atoms with Gasteiger partial charge in [0.05, 0.1) is 5.92 Å². The summed E-state index contributed by atoms with van der Waals surface area (Å²) in [7, 11) is 0. The van der Waals surface area contributed by atoms with Crippen LogP contribution in [0.1, 0.15) is 91.9 Å². The molecule has 0 aromatic rings. The Bertz CT molecular complexity index is 471. The highest BCUT2D eigenvalue weighted by atomic mass is 16.6. The van der Waals surface area contributed by atoms with Gasteiger partial charge in [-0.3, -0.25) is 4.79 Å². The smallest absolute Gasteiger partial charge is 0.407 e. The van der Waals surface area contributed by atoms with E-state index in [1.54, 1.807) is 0 Å². The van der Waals surface area contributed by atoms with Crippen molar-refractivity contribution in [1.82, 2.24) is 5.32 Å². The zero-order valence-electron chi connectivity index (χ0n) is 17.0. The zero-order chi connectivity index (χ0) is 19.2. The van der Waals surface area contributed by atoms with Gasteiger partial charge in [0.2, 0.25) is 0 Å². The highest BCUT2D eigenvalue weighted by molar-refractivity contribution is 5.74. The lowest BCUT2D eigenvalue weighted by atomic mass is 9.81. The Morgan fingerprint density at radius 1 is 1.19 bits per heavy atom. The molecule has 26 heavy (non-hydrogen) atoms. The van der Waals surface area contributed by atoms with Gasteiger partial charge in [0.15, 0.2) is 0 Å². The van der Waals surface area contributed by atoms with Gasteiger partial charge in [-0.05, 0) is 65.2 Å². The molecule has 0 aromatic heterocycles.